The number of amides is 1. The normalized spacial score (nSPS) is 13.2. The van der Waals surface area contributed by atoms with Crippen molar-refractivity contribution in [3.05, 3.63) is 93.4 Å². The van der Waals surface area contributed by atoms with E-state index >= 15 is 0 Å². The van der Waals surface area contributed by atoms with Crippen LogP contribution in [-0.2, 0) is 21.2 Å². The zero-order chi connectivity index (χ0) is 24.0. The van der Waals surface area contributed by atoms with E-state index in [0.29, 0.717) is 0 Å². The Morgan fingerprint density at radius 3 is 2.36 bits per heavy atom. The standard InChI is InChI=1S/C24H24BrClN2O4S/c1-16(18-8-10-19(25)11-9-18)27-24(29)21(14-17-6-4-3-5-7-17)28-33(30,31)23-15-20(26)12-13-22(23)32-2/h3-13,15-16,21,28H,14H2,1-2H3,(H,27,29)/t16-,21-/m0/s1. The third kappa shape index (κ3) is 6.80. The van der Waals surface area contributed by atoms with Gasteiger partial charge in [-0.25, -0.2) is 8.42 Å². The van der Waals surface area contributed by atoms with Crippen LogP contribution in [0.5, 0.6) is 5.75 Å². The van der Waals surface area contributed by atoms with Crippen molar-refractivity contribution in [1.29, 1.82) is 0 Å². The predicted molar refractivity (Wildman–Crippen MR) is 133 cm³/mol. The first-order valence-electron chi connectivity index (χ1n) is 10.1. The second-order valence-corrected chi connectivity index (χ2v) is 10.5. The van der Waals surface area contributed by atoms with Gasteiger partial charge in [-0.3, -0.25) is 4.79 Å². The molecule has 9 heteroatoms. The van der Waals surface area contributed by atoms with Crippen molar-refractivity contribution in [2.24, 2.45) is 0 Å². The van der Waals surface area contributed by atoms with E-state index in [0.717, 1.165) is 15.6 Å². The number of carbonyl (C=O) groups is 1. The van der Waals surface area contributed by atoms with E-state index in [9.17, 15) is 13.2 Å². The number of nitrogens with one attached hydrogen (secondary N) is 2. The van der Waals surface area contributed by atoms with Gasteiger partial charge in [-0.1, -0.05) is 70.0 Å². The highest BCUT2D eigenvalue weighted by molar-refractivity contribution is 9.10. The second kappa shape index (κ2) is 11.2. The van der Waals surface area contributed by atoms with E-state index in [-0.39, 0.29) is 28.1 Å². The minimum absolute atomic E-state index is 0.133. The van der Waals surface area contributed by atoms with E-state index in [1.807, 2.05) is 61.5 Å². The van der Waals surface area contributed by atoms with Gasteiger partial charge in [0, 0.05) is 9.50 Å². The molecule has 33 heavy (non-hydrogen) atoms. The Hall–Kier alpha value is -2.39. The molecular weight excluding hydrogens is 528 g/mol. The Morgan fingerprint density at radius 1 is 1.06 bits per heavy atom. The van der Waals surface area contributed by atoms with Crippen molar-refractivity contribution in [1.82, 2.24) is 10.0 Å². The topological polar surface area (TPSA) is 84.5 Å². The molecule has 1 amide bonds. The molecule has 0 heterocycles. The molecule has 174 valence electrons. The average Bonchev–Trinajstić information content (AvgIpc) is 2.79. The number of benzene rings is 3. The van der Waals surface area contributed by atoms with Crippen LogP contribution in [0.25, 0.3) is 0 Å². The van der Waals surface area contributed by atoms with Crippen LogP contribution in [-0.4, -0.2) is 27.5 Å². The molecule has 0 aliphatic rings. The molecule has 2 N–H and O–H groups in total. The molecule has 0 aromatic heterocycles. The summed E-state index contributed by atoms with van der Waals surface area (Å²) < 4.78 is 35.1. The molecule has 0 spiro atoms. The van der Waals surface area contributed by atoms with Crippen LogP contribution in [0.4, 0.5) is 0 Å². The third-order valence-electron chi connectivity index (χ3n) is 5.04. The zero-order valence-electron chi connectivity index (χ0n) is 18.1. The number of ether oxygens (including phenoxy) is 1. The average molecular weight is 552 g/mol. The molecule has 0 aliphatic heterocycles. The minimum Gasteiger partial charge on any atom is -0.495 e. The van der Waals surface area contributed by atoms with Crippen molar-refractivity contribution in [3.8, 4) is 5.75 Å². The van der Waals surface area contributed by atoms with Gasteiger partial charge >= 0.3 is 0 Å². The summed E-state index contributed by atoms with van der Waals surface area (Å²) in [5.74, 6) is -0.312. The maximum atomic E-state index is 13.2. The summed E-state index contributed by atoms with van der Waals surface area (Å²) in [5, 5.41) is 3.15. The number of halogens is 2. The van der Waals surface area contributed by atoms with Crippen LogP contribution in [0.15, 0.2) is 82.2 Å². The van der Waals surface area contributed by atoms with Gasteiger partial charge < -0.3 is 10.1 Å². The summed E-state index contributed by atoms with van der Waals surface area (Å²) in [6.07, 6.45) is 0.168. The van der Waals surface area contributed by atoms with Crippen LogP contribution in [0.1, 0.15) is 24.1 Å². The van der Waals surface area contributed by atoms with Gasteiger partial charge in [0.2, 0.25) is 15.9 Å². The van der Waals surface area contributed by atoms with Crippen LogP contribution in [0, 0.1) is 0 Å². The van der Waals surface area contributed by atoms with E-state index in [1.165, 1.54) is 25.3 Å². The molecule has 0 saturated heterocycles. The van der Waals surface area contributed by atoms with E-state index in [2.05, 4.69) is 26.0 Å². The molecule has 0 bridgehead atoms. The Morgan fingerprint density at radius 2 is 1.73 bits per heavy atom. The third-order valence-corrected chi connectivity index (χ3v) is 7.30. The Kier molecular flexibility index (Phi) is 8.53. The fourth-order valence-corrected chi connectivity index (χ4v) is 5.19. The Balaban J connectivity index is 1.88. The second-order valence-electron chi connectivity index (χ2n) is 7.44. The molecule has 6 nitrogen and oxygen atoms in total. The van der Waals surface area contributed by atoms with Crippen LogP contribution in [0.2, 0.25) is 5.02 Å². The molecule has 3 rings (SSSR count). The van der Waals surface area contributed by atoms with Gasteiger partial charge in [0.25, 0.3) is 0 Å². The fourth-order valence-electron chi connectivity index (χ4n) is 3.30. The van der Waals surface area contributed by atoms with Crippen molar-refractivity contribution in [2.75, 3.05) is 7.11 Å². The zero-order valence-corrected chi connectivity index (χ0v) is 21.2. The lowest BCUT2D eigenvalue weighted by atomic mass is 10.0. The first-order valence-corrected chi connectivity index (χ1v) is 12.8. The van der Waals surface area contributed by atoms with E-state index in [1.54, 1.807) is 0 Å². The molecule has 0 fully saturated rings. The number of methoxy groups -OCH3 is 1. The number of hydrogen-bond acceptors (Lipinski definition) is 4. The number of hydrogen-bond donors (Lipinski definition) is 2. The summed E-state index contributed by atoms with van der Waals surface area (Å²) >= 11 is 9.42. The SMILES string of the molecule is COc1ccc(Cl)cc1S(=O)(=O)N[C@@H](Cc1ccccc1)C(=O)N[C@@H](C)c1ccc(Br)cc1. The van der Waals surface area contributed by atoms with Gasteiger partial charge in [-0.05, 0) is 54.8 Å². The van der Waals surface area contributed by atoms with Gasteiger partial charge in [-0.2, -0.15) is 4.72 Å². The molecular formula is C24H24BrClN2O4S. The molecule has 0 saturated carbocycles. The predicted octanol–water partition coefficient (Wildman–Crippen LogP) is 4.88. The minimum atomic E-state index is -4.12. The molecule has 0 unspecified atom stereocenters. The van der Waals surface area contributed by atoms with Crippen LogP contribution >= 0.6 is 27.5 Å². The fraction of sp³-hybridized carbons (Fsp3) is 0.208. The first-order chi connectivity index (χ1) is 15.7. The summed E-state index contributed by atoms with van der Waals surface area (Å²) in [7, 11) is -2.75. The maximum absolute atomic E-state index is 13.2. The van der Waals surface area contributed by atoms with Crippen LogP contribution in [0.3, 0.4) is 0 Å². The molecule has 0 aliphatic carbocycles. The summed E-state index contributed by atoms with van der Waals surface area (Å²) in [4.78, 5) is 13.1. The first kappa shape index (κ1) is 25.2. The van der Waals surface area contributed by atoms with Gasteiger partial charge in [0.05, 0.1) is 13.2 Å². The molecule has 2 atom stereocenters. The lowest BCUT2D eigenvalue weighted by molar-refractivity contribution is -0.123. The van der Waals surface area contributed by atoms with E-state index in [4.69, 9.17) is 16.3 Å². The highest BCUT2D eigenvalue weighted by Gasteiger charge is 2.29. The Bertz CT molecular complexity index is 1200. The lowest BCUT2D eigenvalue weighted by Crippen LogP contribution is -2.48. The van der Waals surface area contributed by atoms with Crippen molar-refractivity contribution >= 4 is 43.5 Å². The van der Waals surface area contributed by atoms with Crippen molar-refractivity contribution in [3.63, 3.8) is 0 Å². The maximum Gasteiger partial charge on any atom is 0.245 e. The highest BCUT2D eigenvalue weighted by Crippen LogP contribution is 2.27. The van der Waals surface area contributed by atoms with Gasteiger partial charge in [-0.15, -0.1) is 0 Å². The number of carbonyl (C=O) groups excluding carboxylic acids is 1. The van der Waals surface area contributed by atoms with Crippen LogP contribution < -0.4 is 14.8 Å². The lowest BCUT2D eigenvalue weighted by Gasteiger charge is -2.22. The van der Waals surface area contributed by atoms with Crippen molar-refractivity contribution in [2.45, 2.75) is 30.3 Å². The Labute approximate surface area is 207 Å². The van der Waals surface area contributed by atoms with Crippen molar-refractivity contribution < 1.29 is 17.9 Å². The largest absolute Gasteiger partial charge is 0.495 e. The quantitative estimate of drug-likeness (QED) is 0.397. The smallest absolute Gasteiger partial charge is 0.245 e. The molecule has 3 aromatic carbocycles. The number of rotatable bonds is 9. The molecule has 0 radical (unpaired) electrons. The summed E-state index contributed by atoms with van der Waals surface area (Å²) in [5.41, 5.74) is 1.71. The summed E-state index contributed by atoms with van der Waals surface area (Å²) in [6, 6.07) is 19.7. The van der Waals surface area contributed by atoms with Gasteiger partial charge in [0.1, 0.15) is 16.7 Å². The molecule has 3 aromatic rings. The van der Waals surface area contributed by atoms with Gasteiger partial charge in [0.15, 0.2) is 0 Å². The summed E-state index contributed by atoms with van der Waals surface area (Å²) in [6.45, 7) is 1.84. The highest BCUT2D eigenvalue weighted by atomic mass is 79.9. The van der Waals surface area contributed by atoms with E-state index < -0.39 is 22.0 Å². The number of sulfonamides is 1. The monoisotopic (exact) mass is 550 g/mol.